The van der Waals surface area contributed by atoms with Crippen LogP contribution in [0.4, 0.5) is 13.2 Å². The summed E-state index contributed by atoms with van der Waals surface area (Å²) in [5.74, 6) is -4.16. The molecule has 2 aliphatic rings. The largest absolute Gasteiger partial charge is 0.490 e. The second kappa shape index (κ2) is 20.8. The van der Waals surface area contributed by atoms with Crippen molar-refractivity contribution in [2.45, 2.75) is 122 Å². The van der Waals surface area contributed by atoms with Gasteiger partial charge >= 0.3 is 18.1 Å². The van der Waals surface area contributed by atoms with Crippen LogP contribution in [0.3, 0.4) is 0 Å². The lowest BCUT2D eigenvalue weighted by molar-refractivity contribution is -0.192. The molecule has 0 aromatic heterocycles. The van der Waals surface area contributed by atoms with E-state index in [2.05, 4.69) is 24.1 Å². The van der Waals surface area contributed by atoms with Crippen LogP contribution in [0.2, 0.25) is 0 Å². The Balaban J connectivity index is 0.00000161. The van der Waals surface area contributed by atoms with Crippen molar-refractivity contribution in [1.82, 2.24) is 20.0 Å². The quantitative estimate of drug-likeness (QED) is 0.241. The summed E-state index contributed by atoms with van der Waals surface area (Å²) in [6.07, 6.45) is -0.919. The van der Waals surface area contributed by atoms with Crippen LogP contribution in [0.25, 0.3) is 0 Å². The number of ether oxygens (including phenoxy) is 3. The van der Waals surface area contributed by atoms with Gasteiger partial charge < -0.3 is 34.4 Å². The van der Waals surface area contributed by atoms with Crippen molar-refractivity contribution in [2.75, 3.05) is 48.5 Å². The number of halogens is 3. The number of esters is 1. The van der Waals surface area contributed by atoms with Gasteiger partial charge in [0.15, 0.2) is 0 Å². The Bertz CT molecular complexity index is 1130. The van der Waals surface area contributed by atoms with Crippen LogP contribution in [0.5, 0.6) is 0 Å². The highest BCUT2D eigenvalue weighted by Crippen LogP contribution is 2.30. The molecular weight excluding hydrogens is 665 g/mol. The molecule has 13 nitrogen and oxygen atoms in total. The number of carbonyl (C=O) groups is 5. The highest BCUT2D eigenvalue weighted by molar-refractivity contribution is 5.90. The van der Waals surface area contributed by atoms with Crippen molar-refractivity contribution >= 4 is 29.7 Å². The smallest absolute Gasteiger partial charge is 0.475 e. The highest BCUT2D eigenvalue weighted by Gasteiger charge is 2.43. The number of methoxy groups -OCH3 is 3. The lowest BCUT2D eigenvalue weighted by Crippen LogP contribution is -2.59. The monoisotopic (exact) mass is 724 g/mol. The molecule has 16 heteroatoms. The van der Waals surface area contributed by atoms with E-state index in [0.29, 0.717) is 6.54 Å². The minimum Gasteiger partial charge on any atom is -0.475 e. The zero-order chi connectivity index (χ0) is 38.5. The molecule has 0 unspecified atom stereocenters. The molecule has 3 amide bonds. The fourth-order valence-electron chi connectivity index (χ4n) is 6.87. The van der Waals surface area contributed by atoms with Crippen LogP contribution >= 0.6 is 0 Å². The Morgan fingerprint density at radius 2 is 1.56 bits per heavy atom. The molecule has 0 radical (unpaired) electrons. The van der Waals surface area contributed by atoms with Gasteiger partial charge in [0.25, 0.3) is 0 Å². The summed E-state index contributed by atoms with van der Waals surface area (Å²) in [7, 11) is 8.19. The van der Waals surface area contributed by atoms with Gasteiger partial charge in [-0.15, -0.1) is 0 Å². The van der Waals surface area contributed by atoms with Crippen LogP contribution < -0.4 is 5.32 Å². The average molecular weight is 725 g/mol. The minimum absolute atomic E-state index is 0.0279. The average Bonchev–Trinajstić information content (AvgIpc) is 3.55. The van der Waals surface area contributed by atoms with Gasteiger partial charge in [0, 0.05) is 27.8 Å². The number of hydrogen-bond acceptors (Lipinski definition) is 9. The third kappa shape index (κ3) is 12.4. The SMILES string of the molecule is CC[C@H](C)[C@@H]([C@@H](CC(=O)N1CCC[C@H]1[C@H](OC)[C@@H](C)C(=O)OC)OC)N(C)C(=O)[C@@H](NC(=O)[C@@H]1CCCCN1C)C(C)C.O=C(O)C(F)(F)F. The van der Waals surface area contributed by atoms with E-state index in [1.54, 1.807) is 38.0 Å². The van der Waals surface area contributed by atoms with Crippen molar-refractivity contribution in [3.63, 3.8) is 0 Å². The van der Waals surface area contributed by atoms with E-state index in [4.69, 9.17) is 24.1 Å². The molecule has 8 atom stereocenters. The van der Waals surface area contributed by atoms with E-state index in [0.717, 1.165) is 45.1 Å². The van der Waals surface area contributed by atoms with E-state index in [9.17, 15) is 32.3 Å². The van der Waals surface area contributed by atoms with Gasteiger partial charge in [0.1, 0.15) is 6.04 Å². The molecule has 0 spiro atoms. The minimum atomic E-state index is -5.08. The number of likely N-dealkylation sites (N-methyl/N-ethyl adjacent to an activating group) is 2. The van der Waals surface area contributed by atoms with Crippen LogP contribution in [-0.4, -0.2) is 141 Å². The predicted octanol–water partition coefficient (Wildman–Crippen LogP) is 3.34. The van der Waals surface area contributed by atoms with E-state index in [1.807, 2.05) is 20.9 Å². The van der Waals surface area contributed by atoms with Crippen LogP contribution in [0.1, 0.15) is 79.6 Å². The second-order valence-corrected chi connectivity index (χ2v) is 13.6. The molecule has 0 saturated carbocycles. The van der Waals surface area contributed by atoms with Crippen molar-refractivity contribution < 1.29 is 56.5 Å². The number of hydrogen-bond donors (Lipinski definition) is 2. The number of carboxylic acid groups (broad SMARTS) is 1. The summed E-state index contributed by atoms with van der Waals surface area (Å²) < 4.78 is 48.3. The van der Waals surface area contributed by atoms with Gasteiger partial charge in [0.2, 0.25) is 17.7 Å². The molecule has 2 heterocycles. The Kier molecular flexibility index (Phi) is 18.7. The Morgan fingerprint density at radius 3 is 2.02 bits per heavy atom. The summed E-state index contributed by atoms with van der Waals surface area (Å²) in [5.41, 5.74) is 0. The van der Waals surface area contributed by atoms with Gasteiger partial charge in [-0.1, -0.05) is 40.5 Å². The van der Waals surface area contributed by atoms with E-state index in [1.165, 1.54) is 7.11 Å². The van der Waals surface area contributed by atoms with E-state index >= 15 is 0 Å². The number of aliphatic carboxylic acids is 1. The summed E-state index contributed by atoms with van der Waals surface area (Å²) in [4.78, 5) is 67.9. The van der Waals surface area contributed by atoms with Gasteiger partial charge in [-0.25, -0.2) is 4.79 Å². The number of carbonyl (C=O) groups excluding carboxylic acids is 4. The van der Waals surface area contributed by atoms with Crippen LogP contribution in [0, 0.1) is 17.8 Å². The number of likely N-dealkylation sites (tertiary alicyclic amines) is 2. The lowest BCUT2D eigenvalue weighted by atomic mass is 9.89. The second-order valence-electron chi connectivity index (χ2n) is 13.6. The van der Waals surface area contributed by atoms with Crippen molar-refractivity contribution in [3.8, 4) is 0 Å². The highest BCUT2D eigenvalue weighted by atomic mass is 19.4. The number of nitrogens with one attached hydrogen (secondary N) is 1. The third-order valence-electron chi connectivity index (χ3n) is 9.96. The fourth-order valence-corrected chi connectivity index (χ4v) is 6.87. The first-order chi connectivity index (χ1) is 23.3. The molecule has 2 saturated heterocycles. The number of alkyl halides is 3. The van der Waals surface area contributed by atoms with Gasteiger partial charge in [0.05, 0.1) is 49.8 Å². The summed E-state index contributed by atoms with van der Waals surface area (Å²) in [6.45, 7) is 11.2. The summed E-state index contributed by atoms with van der Waals surface area (Å²) >= 11 is 0. The van der Waals surface area contributed by atoms with Gasteiger partial charge in [-0.2, -0.15) is 13.2 Å². The first-order valence-electron chi connectivity index (χ1n) is 17.3. The van der Waals surface area contributed by atoms with Gasteiger partial charge in [-0.3, -0.25) is 24.1 Å². The first-order valence-corrected chi connectivity index (χ1v) is 17.3. The summed E-state index contributed by atoms with van der Waals surface area (Å²) in [6, 6.07) is -1.59. The zero-order valence-corrected chi connectivity index (χ0v) is 31.2. The third-order valence-corrected chi connectivity index (χ3v) is 9.96. The van der Waals surface area contributed by atoms with Crippen molar-refractivity contribution in [2.24, 2.45) is 17.8 Å². The lowest BCUT2D eigenvalue weighted by Gasteiger charge is -2.41. The van der Waals surface area contributed by atoms with Crippen LogP contribution in [0.15, 0.2) is 0 Å². The topological polar surface area (TPSA) is 155 Å². The number of rotatable bonds is 15. The number of carboxylic acids is 1. The predicted molar refractivity (Wildman–Crippen MR) is 179 cm³/mol. The van der Waals surface area contributed by atoms with E-state index < -0.39 is 42.4 Å². The maximum absolute atomic E-state index is 14.0. The maximum Gasteiger partial charge on any atom is 0.490 e. The number of nitrogens with zero attached hydrogens (tertiary/aromatic N) is 3. The zero-order valence-electron chi connectivity index (χ0n) is 31.2. The molecule has 2 fully saturated rings. The van der Waals surface area contributed by atoms with Crippen molar-refractivity contribution in [1.29, 1.82) is 0 Å². The molecule has 50 heavy (non-hydrogen) atoms. The Labute approximate surface area is 294 Å². The van der Waals surface area contributed by atoms with Crippen molar-refractivity contribution in [3.05, 3.63) is 0 Å². The fraction of sp³-hybridized carbons (Fsp3) is 0.853. The molecule has 0 bridgehead atoms. The summed E-state index contributed by atoms with van der Waals surface area (Å²) in [5, 5.41) is 10.2. The number of amides is 3. The Morgan fingerprint density at radius 1 is 0.960 bits per heavy atom. The maximum atomic E-state index is 14.0. The first kappa shape index (κ1) is 45.0. The molecule has 290 valence electrons. The van der Waals surface area contributed by atoms with Gasteiger partial charge in [-0.05, 0) is 58.0 Å². The standard InChI is InChI=1S/C32H58N4O7.C2HF3O2/c1-11-21(4)28(35(7)31(39)27(20(2)3)33-30(38)24-15-12-13-17-34(24)6)25(41-8)19-26(37)36-18-14-16-23(36)29(42-9)22(5)32(40)43-10;3-2(4,5)1(6)7/h20-25,27-29H,11-19H2,1-10H3,(H,33,38);(H,6,7)/t21-,22+,23-,24-,25+,27-,28-,29+;/m0./s1. The molecule has 0 aromatic rings. The molecule has 0 aromatic carbocycles. The molecule has 2 rings (SSSR count). The van der Waals surface area contributed by atoms with Crippen LogP contribution in [-0.2, 0) is 38.2 Å². The normalized spacial score (nSPS) is 21.9. The molecular formula is C34H59F3N4O9. The molecule has 0 aliphatic carbocycles. The molecule has 2 aliphatic heterocycles. The Hall–Kier alpha value is -2.98. The van der Waals surface area contributed by atoms with E-state index in [-0.39, 0.29) is 54.0 Å². The molecule has 2 N–H and O–H groups in total. The number of piperidine rings is 1.